The molecule has 5 aromatic heterocycles. The number of pyridine rings is 1. The molecule has 0 aromatic carbocycles. The molecule has 7 rings (SSSR count). The standard InChI is InChI=1S/C24H24N12O/c1-34-12-28-21(33-34)18-5-2-13(9-26-18)17-10-30-36-20(25)8-19(31-23(17)36)14-6-15-3-4-16(7-14)35(15)24(37)22-27-11-29-32-22/h2,5,8-12,14-16H,3-4,6-7,25H2,1H3,(H,27,29,32). The maximum absolute atomic E-state index is 13.0. The summed E-state index contributed by atoms with van der Waals surface area (Å²) in [6, 6.07) is 6.05. The number of aromatic nitrogens is 10. The molecule has 2 saturated heterocycles. The van der Waals surface area contributed by atoms with Gasteiger partial charge in [0.25, 0.3) is 5.91 Å². The van der Waals surface area contributed by atoms with Crippen molar-refractivity contribution in [2.75, 3.05) is 5.73 Å². The molecule has 0 spiro atoms. The molecule has 13 nitrogen and oxygen atoms in total. The minimum Gasteiger partial charge on any atom is -0.384 e. The molecule has 2 bridgehead atoms. The molecule has 2 aliphatic heterocycles. The first-order valence-corrected chi connectivity index (χ1v) is 12.2. The average Bonchev–Trinajstić information content (AvgIpc) is 3.71. The third kappa shape index (κ3) is 3.53. The second-order valence-electron chi connectivity index (χ2n) is 9.68. The lowest BCUT2D eigenvalue weighted by atomic mass is 9.87. The van der Waals surface area contributed by atoms with Crippen molar-refractivity contribution in [3.8, 4) is 22.6 Å². The van der Waals surface area contributed by atoms with Crippen molar-refractivity contribution in [2.45, 2.75) is 43.7 Å². The number of nitrogens with zero attached hydrogens (tertiary/aromatic N) is 10. The van der Waals surface area contributed by atoms with Crippen LogP contribution in [0.5, 0.6) is 0 Å². The van der Waals surface area contributed by atoms with Crippen LogP contribution >= 0.6 is 0 Å². The molecule has 0 aliphatic carbocycles. The Morgan fingerprint density at radius 2 is 1.97 bits per heavy atom. The number of fused-ring (bicyclic) bond motifs is 3. The third-order valence-corrected chi connectivity index (χ3v) is 7.43. The van der Waals surface area contributed by atoms with Gasteiger partial charge in [-0.1, -0.05) is 6.07 Å². The van der Waals surface area contributed by atoms with Crippen LogP contribution in [0.25, 0.3) is 28.3 Å². The summed E-state index contributed by atoms with van der Waals surface area (Å²) in [6.45, 7) is 0. The van der Waals surface area contributed by atoms with Crippen molar-refractivity contribution in [1.82, 2.24) is 54.4 Å². The molecule has 2 atom stereocenters. The molecule has 37 heavy (non-hydrogen) atoms. The summed E-state index contributed by atoms with van der Waals surface area (Å²) in [5.74, 6) is 1.51. The van der Waals surface area contributed by atoms with E-state index in [2.05, 4.69) is 35.3 Å². The lowest BCUT2D eigenvalue weighted by Gasteiger charge is -2.38. The quantitative estimate of drug-likeness (QED) is 0.378. The summed E-state index contributed by atoms with van der Waals surface area (Å²) in [5, 5.41) is 16.5. The maximum Gasteiger partial charge on any atom is 0.292 e. The van der Waals surface area contributed by atoms with Crippen LogP contribution in [0.2, 0.25) is 0 Å². The van der Waals surface area contributed by atoms with Gasteiger partial charge >= 0.3 is 0 Å². The van der Waals surface area contributed by atoms with E-state index in [9.17, 15) is 4.79 Å². The summed E-state index contributed by atoms with van der Waals surface area (Å²) in [4.78, 5) is 31.7. The van der Waals surface area contributed by atoms with E-state index in [0.29, 0.717) is 28.8 Å². The summed E-state index contributed by atoms with van der Waals surface area (Å²) in [6.07, 6.45) is 10.2. The van der Waals surface area contributed by atoms with E-state index in [4.69, 9.17) is 10.7 Å². The molecule has 186 valence electrons. The Labute approximate surface area is 210 Å². The van der Waals surface area contributed by atoms with E-state index in [-0.39, 0.29) is 23.9 Å². The molecule has 2 aliphatic rings. The number of hydrogen-bond acceptors (Lipinski definition) is 9. The molecule has 7 heterocycles. The smallest absolute Gasteiger partial charge is 0.292 e. The lowest BCUT2D eigenvalue weighted by molar-refractivity contribution is 0.0557. The van der Waals surface area contributed by atoms with Gasteiger partial charge in [-0.3, -0.25) is 14.5 Å². The first-order chi connectivity index (χ1) is 18.0. The van der Waals surface area contributed by atoms with Crippen molar-refractivity contribution in [3.63, 3.8) is 0 Å². The predicted octanol–water partition coefficient (Wildman–Crippen LogP) is 1.84. The van der Waals surface area contributed by atoms with Gasteiger partial charge in [0, 0.05) is 54.1 Å². The van der Waals surface area contributed by atoms with Gasteiger partial charge < -0.3 is 15.6 Å². The average molecular weight is 497 g/mol. The molecule has 2 fully saturated rings. The van der Waals surface area contributed by atoms with Gasteiger partial charge in [-0.25, -0.2) is 9.97 Å². The zero-order chi connectivity index (χ0) is 25.1. The second-order valence-corrected chi connectivity index (χ2v) is 9.68. The topological polar surface area (TPSA) is 162 Å². The van der Waals surface area contributed by atoms with Gasteiger partial charge in [-0.05, 0) is 31.7 Å². The number of anilines is 1. The van der Waals surface area contributed by atoms with Crippen LogP contribution in [0, 0.1) is 0 Å². The number of amides is 1. The minimum atomic E-state index is -0.0821. The molecule has 5 aromatic rings. The molecule has 0 saturated carbocycles. The highest BCUT2D eigenvalue weighted by Gasteiger charge is 2.45. The van der Waals surface area contributed by atoms with Gasteiger partial charge in [-0.2, -0.15) is 9.61 Å². The Bertz CT molecular complexity index is 1590. The molecule has 13 heteroatoms. The Hall–Kier alpha value is -4.68. The lowest BCUT2D eigenvalue weighted by Crippen LogP contribution is -2.46. The number of carbonyl (C=O) groups is 1. The fourth-order valence-corrected chi connectivity index (χ4v) is 5.74. The SMILES string of the molecule is Cn1cnc(-c2ccc(-c3cnn4c(N)cc(C5CC6CCC(C5)N6C(=O)c5nnc[nH]5)nc34)cn2)n1. The van der Waals surface area contributed by atoms with Crippen molar-refractivity contribution in [3.05, 3.63) is 54.8 Å². The summed E-state index contributed by atoms with van der Waals surface area (Å²) in [5.41, 5.74) is 10.5. The van der Waals surface area contributed by atoms with Gasteiger partial charge in [-0.15, -0.1) is 15.3 Å². The van der Waals surface area contributed by atoms with E-state index >= 15 is 0 Å². The maximum atomic E-state index is 13.0. The molecule has 2 unspecified atom stereocenters. The number of nitrogen functional groups attached to an aromatic ring is 1. The van der Waals surface area contributed by atoms with E-state index in [1.54, 1.807) is 27.9 Å². The number of nitrogens with one attached hydrogen (secondary N) is 1. The fraction of sp³-hybridized carbons (Fsp3) is 0.333. The van der Waals surface area contributed by atoms with Gasteiger partial charge in [0.1, 0.15) is 24.2 Å². The number of rotatable bonds is 4. The first-order valence-electron chi connectivity index (χ1n) is 12.2. The van der Waals surface area contributed by atoms with Crippen LogP contribution in [-0.4, -0.2) is 72.4 Å². The molecular formula is C24H24N12O. The fourth-order valence-electron chi connectivity index (χ4n) is 5.74. The van der Waals surface area contributed by atoms with E-state index in [0.717, 1.165) is 42.5 Å². The number of hydrogen-bond donors (Lipinski definition) is 2. The van der Waals surface area contributed by atoms with Crippen LogP contribution in [0.4, 0.5) is 5.82 Å². The number of aryl methyl sites for hydroxylation is 1. The van der Waals surface area contributed by atoms with Crippen molar-refractivity contribution in [1.29, 1.82) is 0 Å². The number of carbonyl (C=O) groups excluding carboxylic acids is 1. The minimum absolute atomic E-state index is 0.0821. The Balaban J connectivity index is 1.19. The van der Waals surface area contributed by atoms with Crippen molar-refractivity contribution in [2.24, 2.45) is 7.05 Å². The highest BCUT2D eigenvalue weighted by molar-refractivity contribution is 5.91. The second kappa shape index (κ2) is 8.18. The Morgan fingerprint density at radius 1 is 1.14 bits per heavy atom. The van der Waals surface area contributed by atoms with Crippen molar-refractivity contribution < 1.29 is 4.79 Å². The predicted molar refractivity (Wildman–Crippen MR) is 132 cm³/mol. The van der Waals surface area contributed by atoms with E-state index in [1.807, 2.05) is 30.1 Å². The molecular weight excluding hydrogens is 472 g/mol. The highest BCUT2D eigenvalue weighted by Crippen LogP contribution is 2.43. The summed E-state index contributed by atoms with van der Waals surface area (Å²) in [7, 11) is 1.82. The third-order valence-electron chi connectivity index (χ3n) is 7.43. The van der Waals surface area contributed by atoms with Crippen LogP contribution < -0.4 is 5.73 Å². The van der Waals surface area contributed by atoms with Crippen LogP contribution in [-0.2, 0) is 7.05 Å². The number of nitrogens with two attached hydrogens (primary N) is 1. The molecule has 0 radical (unpaired) electrons. The van der Waals surface area contributed by atoms with Crippen LogP contribution in [0.3, 0.4) is 0 Å². The summed E-state index contributed by atoms with van der Waals surface area (Å²) < 4.78 is 3.30. The van der Waals surface area contributed by atoms with E-state index in [1.165, 1.54) is 6.33 Å². The monoisotopic (exact) mass is 496 g/mol. The molecule has 3 N–H and O–H groups in total. The number of piperidine rings is 1. The number of H-pyrrole nitrogens is 1. The Kier molecular flexibility index (Phi) is 4.77. The normalized spacial score (nSPS) is 21.1. The van der Waals surface area contributed by atoms with Gasteiger partial charge in [0.2, 0.25) is 5.82 Å². The van der Waals surface area contributed by atoms with Gasteiger partial charge in [0.05, 0.1) is 6.20 Å². The first kappa shape index (κ1) is 21.6. The van der Waals surface area contributed by atoms with Crippen LogP contribution in [0.1, 0.15) is 47.9 Å². The summed E-state index contributed by atoms with van der Waals surface area (Å²) >= 11 is 0. The largest absolute Gasteiger partial charge is 0.384 e. The van der Waals surface area contributed by atoms with Crippen molar-refractivity contribution >= 4 is 17.4 Å². The molecule has 1 amide bonds. The Morgan fingerprint density at radius 3 is 2.65 bits per heavy atom. The van der Waals surface area contributed by atoms with E-state index < -0.39 is 0 Å². The number of aromatic amines is 1. The van der Waals surface area contributed by atoms with Gasteiger partial charge in [0.15, 0.2) is 11.5 Å². The van der Waals surface area contributed by atoms with Crippen LogP contribution in [0.15, 0.2) is 43.2 Å². The highest BCUT2D eigenvalue weighted by atomic mass is 16.2. The zero-order valence-electron chi connectivity index (χ0n) is 20.1. The zero-order valence-corrected chi connectivity index (χ0v) is 20.1.